The summed E-state index contributed by atoms with van der Waals surface area (Å²) in [5.41, 5.74) is 3.15. The molecule has 2 rings (SSSR count). The normalized spacial score (nSPS) is 10.6. The fraction of sp³-hybridized carbons (Fsp3) is 0.412. The molecule has 0 aliphatic heterocycles. The van der Waals surface area contributed by atoms with E-state index in [1.807, 2.05) is 25.1 Å². The number of benzene rings is 1. The molecule has 0 saturated heterocycles. The zero-order chi connectivity index (χ0) is 16.8. The van der Waals surface area contributed by atoms with E-state index in [0.717, 1.165) is 16.5 Å². The van der Waals surface area contributed by atoms with E-state index in [2.05, 4.69) is 24.1 Å². The number of hydrogen-bond acceptors (Lipinski definition) is 5. The van der Waals surface area contributed by atoms with E-state index in [4.69, 9.17) is 9.47 Å². The van der Waals surface area contributed by atoms with Crippen LogP contribution in [0.5, 0.6) is 5.75 Å². The predicted molar refractivity (Wildman–Crippen MR) is 91.3 cm³/mol. The van der Waals surface area contributed by atoms with Gasteiger partial charge in [-0.25, -0.2) is 4.98 Å². The van der Waals surface area contributed by atoms with Crippen LogP contribution in [0, 0.1) is 20.8 Å². The van der Waals surface area contributed by atoms with Crippen LogP contribution in [0.25, 0.3) is 0 Å². The Morgan fingerprint density at radius 1 is 1.26 bits per heavy atom. The second kappa shape index (κ2) is 8.08. The molecule has 0 atom stereocenters. The highest BCUT2D eigenvalue weighted by Crippen LogP contribution is 2.21. The number of ether oxygens (including phenoxy) is 2. The molecule has 1 aromatic heterocycles. The van der Waals surface area contributed by atoms with E-state index >= 15 is 0 Å². The Morgan fingerprint density at radius 2 is 2.04 bits per heavy atom. The molecule has 5 nitrogen and oxygen atoms in total. The molecule has 0 saturated carbocycles. The zero-order valence-corrected chi connectivity index (χ0v) is 14.8. The minimum Gasteiger partial charge on any atom is -0.486 e. The van der Waals surface area contributed by atoms with Crippen molar-refractivity contribution in [1.82, 2.24) is 10.3 Å². The molecule has 0 radical (unpaired) electrons. The Kier molecular flexibility index (Phi) is 6.12. The first-order valence-electron chi connectivity index (χ1n) is 7.44. The maximum atomic E-state index is 12.1. The van der Waals surface area contributed by atoms with Crippen molar-refractivity contribution in [2.45, 2.75) is 27.4 Å². The van der Waals surface area contributed by atoms with Gasteiger partial charge in [0, 0.05) is 13.7 Å². The summed E-state index contributed by atoms with van der Waals surface area (Å²) in [6.07, 6.45) is 0. The summed E-state index contributed by atoms with van der Waals surface area (Å²) in [6, 6.07) is 5.99. The molecular weight excluding hydrogens is 312 g/mol. The number of aromatic nitrogens is 1. The first kappa shape index (κ1) is 17.4. The van der Waals surface area contributed by atoms with Gasteiger partial charge in [-0.05, 0) is 44.0 Å². The highest BCUT2D eigenvalue weighted by atomic mass is 32.1. The van der Waals surface area contributed by atoms with Crippen LogP contribution in [0.3, 0.4) is 0 Å². The lowest BCUT2D eigenvalue weighted by Crippen LogP contribution is -2.26. The number of nitrogens with one attached hydrogen (secondary N) is 1. The highest BCUT2D eigenvalue weighted by Gasteiger charge is 2.15. The summed E-state index contributed by atoms with van der Waals surface area (Å²) in [7, 11) is 1.60. The molecule has 0 spiro atoms. The van der Waals surface area contributed by atoms with Gasteiger partial charge in [0.25, 0.3) is 5.91 Å². The third-order valence-electron chi connectivity index (χ3n) is 3.48. The van der Waals surface area contributed by atoms with Crippen LogP contribution in [0.4, 0.5) is 0 Å². The van der Waals surface area contributed by atoms with Crippen LogP contribution in [0.15, 0.2) is 18.2 Å². The van der Waals surface area contributed by atoms with Gasteiger partial charge in [0.1, 0.15) is 22.2 Å². The van der Waals surface area contributed by atoms with Gasteiger partial charge in [0.15, 0.2) is 0 Å². The van der Waals surface area contributed by atoms with Crippen molar-refractivity contribution in [3.05, 3.63) is 44.9 Å². The number of nitrogens with zero attached hydrogens (tertiary/aromatic N) is 1. The number of thiazole rings is 1. The summed E-state index contributed by atoms with van der Waals surface area (Å²) in [5.74, 6) is 0.696. The van der Waals surface area contributed by atoms with E-state index in [0.29, 0.717) is 24.6 Å². The molecule has 0 fully saturated rings. The number of carbonyl (C=O) groups excluding carboxylic acids is 1. The molecule has 1 heterocycles. The molecule has 1 amide bonds. The molecule has 0 aliphatic carbocycles. The molecular formula is C17H22N2O3S. The smallest absolute Gasteiger partial charge is 0.263 e. The van der Waals surface area contributed by atoms with Crippen molar-refractivity contribution >= 4 is 17.2 Å². The predicted octanol–water partition coefficient (Wildman–Crippen LogP) is 3.02. The summed E-state index contributed by atoms with van der Waals surface area (Å²) in [6.45, 7) is 7.30. The quantitative estimate of drug-likeness (QED) is 0.791. The topological polar surface area (TPSA) is 60.5 Å². The van der Waals surface area contributed by atoms with Crippen molar-refractivity contribution in [3.8, 4) is 5.75 Å². The van der Waals surface area contributed by atoms with Gasteiger partial charge in [0.2, 0.25) is 0 Å². The molecule has 1 N–H and O–H groups in total. The number of hydrogen-bond donors (Lipinski definition) is 1. The maximum absolute atomic E-state index is 12.1. The second-order valence-corrected chi connectivity index (χ2v) is 6.39. The van der Waals surface area contributed by atoms with Gasteiger partial charge < -0.3 is 14.8 Å². The SMILES string of the molecule is COCCNC(=O)c1sc(COc2ccc(C)c(C)c2)nc1C. The first-order chi connectivity index (χ1) is 11.0. The minimum absolute atomic E-state index is 0.116. The van der Waals surface area contributed by atoms with E-state index in [1.165, 1.54) is 22.5 Å². The van der Waals surface area contributed by atoms with Crippen molar-refractivity contribution in [2.24, 2.45) is 0 Å². The van der Waals surface area contributed by atoms with Crippen LogP contribution >= 0.6 is 11.3 Å². The Morgan fingerprint density at radius 3 is 2.74 bits per heavy atom. The Balaban J connectivity index is 1.97. The summed E-state index contributed by atoms with van der Waals surface area (Å²) in [5, 5.41) is 3.60. The van der Waals surface area contributed by atoms with Crippen LogP contribution in [0.1, 0.15) is 31.5 Å². The lowest BCUT2D eigenvalue weighted by molar-refractivity contribution is 0.0940. The average molecular weight is 334 g/mol. The van der Waals surface area contributed by atoms with Gasteiger partial charge in [-0.2, -0.15) is 0 Å². The zero-order valence-electron chi connectivity index (χ0n) is 13.9. The van der Waals surface area contributed by atoms with Gasteiger partial charge in [-0.1, -0.05) is 6.07 Å². The van der Waals surface area contributed by atoms with Gasteiger partial charge in [-0.3, -0.25) is 4.79 Å². The van der Waals surface area contributed by atoms with E-state index in [1.54, 1.807) is 7.11 Å². The van der Waals surface area contributed by atoms with Crippen molar-refractivity contribution in [1.29, 1.82) is 0 Å². The van der Waals surface area contributed by atoms with Crippen molar-refractivity contribution in [3.63, 3.8) is 0 Å². The molecule has 2 aromatic rings. The molecule has 124 valence electrons. The third-order valence-corrected chi connectivity index (χ3v) is 4.61. The van der Waals surface area contributed by atoms with Crippen LogP contribution in [-0.2, 0) is 11.3 Å². The molecule has 1 aromatic carbocycles. The van der Waals surface area contributed by atoms with Crippen molar-refractivity contribution in [2.75, 3.05) is 20.3 Å². The molecule has 0 bridgehead atoms. The van der Waals surface area contributed by atoms with Crippen molar-refractivity contribution < 1.29 is 14.3 Å². The maximum Gasteiger partial charge on any atom is 0.263 e. The Labute approximate surface area is 140 Å². The third kappa shape index (κ3) is 4.77. The van der Waals surface area contributed by atoms with E-state index in [9.17, 15) is 4.79 Å². The molecule has 23 heavy (non-hydrogen) atoms. The Bertz CT molecular complexity index is 682. The number of aryl methyl sites for hydroxylation is 3. The fourth-order valence-electron chi connectivity index (χ4n) is 2.02. The van der Waals surface area contributed by atoms with Crippen LogP contribution in [0.2, 0.25) is 0 Å². The first-order valence-corrected chi connectivity index (χ1v) is 8.26. The number of rotatable bonds is 7. The monoisotopic (exact) mass is 334 g/mol. The summed E-state index contributed by atoms with van der Waals surface area (Å²) < 4.78 is 10.7. The van der Waals surface area contributed by atoms with Gasteiger partial charge in [0.05, 0.1) is 12.3 Å². The summed E-state index contributed by atoms with van der Waals surface area (Å²) in [4.78, 5) is 17.1. The molecule has 0 aliphatic rings. The largest absolute Gasteiger partial charge is 0.486 e. The summed E-state index contributed by atoms with van der Waals surface area (Å²) >= 11 is 1.36. The molecule has 0 unspecified atom stereocenters. The van der Waals surface area contributed by atoms with Crippen LogP contribution in [-0.4, -0.2) is 31.2 Å². The van der Waals surface area contributed by atoms with E-state index in [-0.39, 0.29) is 5.91 Å². The fourth-order valence-corrected chi connectivity index (χ4v) is 2.91. The van der Waals surface area contributed by atoms with Crippen LogP contribution < -0.4 is 10.1 Å². The minimum atomic E-state index is -0.116. The van der Waals surface area contributed by atoms with Gasteiger partial charge >= 0.3 is 0 Å². The highest BCUT2D eigenvalue weighted by molar-refractivity contribution is 7.13. The number of methoxy groups -OCH3 is 1. The van der Waals surface area contributed by atoms with Gasteiger partial charge in [-0.15, -0.1) is 11.3 Å². The number of carbonyl (C=O) groups is 1. The molecule has 6 heteroatoms. The second-order valence-electron chi connectivity index (χ2n) is 5.31. The lowest BCUT2D eigenvalue weighted by Gasteiger charge is -2.06. The standard InChI is InChI=1S/C17H22N2O3S/c1-11-5-6-14(9-12(11)2)22-10-15-19-13(3)16(23-15)17(20)18-7-8-21-4/h5-6,9H,7-8,10H2,1-4H3,(H,18,20). The van der Waals surface area contributed by atoms with E-state index < -0.39 is 0 Å². The Hall–Kier alpha value is -1.92. The lowest BCUT2D eigenvalue weighted by atomic mass is 10.1. The average Bonchev–Trinajstić information content (AvgIpc) is 2.90. The number of amides is 1.